The monoisotopic (exact) mass is 470 g/mol. The van der Waals surface area contributed by atoms with Gasteiger partial charge >= 0.3 is 11.9 Å². The van der Waals surface area contributed by atoms with Crippen LogP contribution in [0.1, 0.15) is 38.7 Å². The van der Waals surface area contributed by atoms with Gasteiger partial charge in [-0.3, -0.25) is 9.69 Å². The number of likely N-dealkylation sites (N-methyl/N-ethyl adjacent to an activating group) is 1. The number of hydrogen-bond donors (Lipinski definition) is 1. The van der Waals surface area contributed by atoms with Gasteiger partial charge in [0, 0.05) is 49.1 Å². The number of ether oxygens (including phenoxy) is 3. The lowest BCUT2D eigenvalue weighted by atomic mass is 9.45. The van der Waals surface area contributed by atoms with Gasteiger partial charge in [-0.05, 0) is 37.4 Å². The van der Waals surface area contributed by atoms with E-state index in [1.807, 2.05) is 31.0 Å². The van der Waals surface area contributed by atoms with Crippen LogP contribution in [0.15, 0.2) is 30.4 Å². The van der Waals surface area contributed by atoms with Crippen molar-refractivity contribution in [1.82, 2.24) is 4.90 Å². The minimum absolute atomic E-state index is 0.0693. The molecule has 2 fully saturated rings. The summed E-state index contributed by atoms with van der Waals surface area (Å²) in [6, 6.07) is 5.24. The van der Waals surface area contributed by atoms with E-state index >= 15 is 0 Å². The first-order valence-corrected chi connectivity index (χ1v) is 12.0. The lowest BCUT2D eigenvalue weighted by Crippen LogP contribution is -2.84. The van der Waals surface area contributed by atoms with Crippen LogP contribution in [-0.2, 0) is 24.5 Å². The first-order valence-electron chi connectivity index (χ1n) is 12.0. The van der Waals surface area contributed by atoms with Crippen LogP contribution in [-0.4, -0.2) is 80.1 Å². The maximum atomic E-state index is 13.6. The first kappa shape index (κ1) is 23.2. The van der Waals surface area contributed by atoms with Gasteiger partial charge in [-0.25, -0.2) is 4.79 Å². The maximum Gasteiger partial charge on any atom is 0.344 e. The summed E-state index contributed by atoms with van der Waals surface area (Å²) in [6.07, 6.45) is 5.38. The maximum absolute atomic E-state index is 13.6. The normalized spacial score (nSPS) is 37.9. The minimum atomic E-state index is -2.08. The number of piperidine rings is 1. The van der Waals surface area contributed by atoms with Gasteiger partial charge in [-0.1, -0.05) is 25.1 Å². The zero-order valence-electron chi connectivity index (χ0n) is 20.5. The molecule has 8 nitrogen and oxygen atoms in total. The molecule has 34 heavy (non-hydrogen) atoms. The quantitative estimate of drug-likeness (QED) is 0.528. The van der Waals surface area contributed by atoms with Gasteiger partial charge < -0.3 is 24.2 Å². The molecule has 184 valence electrons. The number of benzene rings is 1. The highest BCUT2D eigenvalue weighted by atomic mass is 16.6. The smallest absolute Gasteiger partial charge is 0.344 e. The highest BCUT2D eigenvalue weighted by Crippen LogP contribution is 2.66. The van der Waals surface area contributed by atoms with Gasteiger partial charge in [-0.15, -0.1) is 0 Å². The van der Waals surface area contributed by atoms with Gasteiger partial charge in [0.15, 0.2) is 6.10 Å². The number of carbonyl (C=O) groups is 2. The third kappa shape index (κ3) is 2.61. The standard InChI is InChI=1S/C26H34N2O6/c1-6-24-11-7-13-28-14-8-12-25(20(24)28)18-10-9-17(32-4)15-19(18)27(3)21(25)26(31,23(30)33-5)22(24)34-16(2)29/h7,9-11,15,20-22,31H,6,8,12-14H2,1-5H3/t20?,21-,22?,24-,25-,26+/m1/s1. The molecular weight excluding hydrogens is 436 g/mol. The Bertz CT molecular complexity index is 1060. The number of fused-ring (bicyclic) bond motifs is 1. The number of esters is 2. The number of methoxy groups -OCH3 is 2. The molecule has 0 aromatic heterocycles. The van der Waals surface area contributed by atoms with E-state index in [2.05, 4.69) is 23.1 Å². The molecule has 1 N–H and O–H groups in total. The Labute approximate surface area is 200 Å². The highest BCUT2D eigenvalue weighted by molar-refractivity contribution is 5.86. The molecule has 1 aliphatic carbocycles. The molecule has 1 saturated carbocycles. The molecule has 5 rings (SSSR count). The van der Waals surface area contributed by atoms with Crippen LogP contribution in [0.25, 0.3) is 0 Å². The van der Waals surface area contributed by atoms with E-state index in [0.717, 1.165) is 37.2 Å². The molecule has 0 amide bonds. The Morgan fingerprint density at radius 3 is 2.65 bits per heavy atom. The number of carbonyl (C=O) groups excluding carboxylic acids is 2. The zero-order valence-corrected chi connectivity index (χ0v) is 20.5. The molecule has 2 unspecified atom stereocenters. The molecule has 1 aromatic carbocycles. The van der Waals surface area contributed by atoms with Gasteiger partial charge in [0.1, 0.15) is 5.75 Å². The second-order valence-corrected chi connectivity index (χ2v) is 10.1. The molecule has 1 saturated heterocycles. The summed E-state index contributed by atoms with van der Waals surface area (Å²) >= 11 is 0. The van der Waals surface area contributed by atoms with Crippen molar-refractivity contribution in [1.29, 1.82) is 0 Å². The lowest BCUT2D eigenvalue weighted by Gasteiger charge is -2.68. The lowest BCUT2D eigenvalue weighted by molar-refractivity contribution is -0.239. The second-order valence-electron chi connectivity index (χ2n) is 10.1. The van der Waals surface area contributed by atoms with Crippen molar-refractivity contribution < 1.29 is 28.9 Å². The number of hydrogen-bond acceptors (Lipinski definition) is 8. The third-order valence-corrected chi connectivity index (χ3v) is 8.84. The molecular formula is C26H34N2O6. The Morgan fingerprint density at radius 2 is 2.00 bits per heavy atom. The third-order valence-electron chi connectivity index (χ3n) is 8.84. The molecule has 1 spiro atoms. The second kappa shape index (κ2) is 7.71. The van der Waals surface area contributed by atoms with Crippen LogP contribution in [0.2, 0.25) is 0 Å². The van der Waals surface area contributed by atoms with E-state index in [4.69, 9.17) is 14.2 Å². The van der Waals surface area contributed by atoms with Crippen molar-refractivity contribution in [2.24, 2.45) is 5.41 Å². The summed E-state index contributed by atoms with van der Waals surface area (Å²) < 4.78 is 16.7. The summed E-state index contributed by atoms with van der Waals surface area (Å²) in [5.41, 5.74) is -1.43. The van der Waals surface area contributed by atoms with Crippen LogP contribution in [0.4, 0.5) is 5.69 Å². The van der Waals surface area contributed by atoms with Crippen molar-refractivity contribution in [2.45, 2.75) is 62.3 Å². The molecule has 4 aliphatic rings. The van der Waals surface area contributed by atoms with Crippen LogP contribution in [0.5, 0.6) is 5.75 Å². The van der Waals surface area contributed by atoms with Gasteiger partial charge in [0.05, 0.1) is 20.3 Å². The van der Waals surface area contributed by atoms with Gasteiger partial charge in [-0.2, -0.15) is 0 Å². The van der Waals surface area contributed by atoms with Crippen LogP contribution in [0.3, 0.4) is 0 Å². The molecule has 3 aliphatic heterocycles. The Hall–Kier alpha value is -2.58. The summed E-state index contributed by atoms with van der Waals surface area (Å²) in [5.74, 6) is -0.609. The molecule has 3 heterocycles. The van der Waals surface area contributed by atoms with Crippen molar-refractivity contribution >= 4 is 17.6 Å². The number of aliphatic hydroxyl groups is 1. The molecule has 0 bridgehead atoms. The summed E-state index contributed by atoms with van der Waals surface area (Å²) in [4.78, 5) is 30.4. The molecule has 6 atom stereocenters. The predicted octanol–water partition coefficient (Wildman–Crippen LogP) is 2.03. The fourth-order valence-corrected chi connectivity index (χ4v) is 7.92. The van der Waals surface area contributed by atoms with E-state index in [9.17, 15) is 14.7 Å². The van der Waals surface area contributed by atoms with E-state index in [1.165, 1.54) is 14.0 Å². The van der Waals surface area contributed by atoms with Gasteiger partial charge in [0.2, 0.25) is 5.60 Å². The molecule has 0 radical (unpaired) electrons. The SMILES string of the molecule is CC[C@]12C=CCN3CCC[C@@]4(c5ccc(OC)cc5N(C)[C@H]4[C@@](O)(C(=O)OC)C1OC(C)=O)C32. The van der Waals surface area contributed by atoms with E-state index in [0.29, 0.717) is 12.2 Å². The van der Waals surface area contributed by atoms with Crippen LogP contribution in [0, 0.1) is 5.41 Å². The number of nitrogens with zero attached hydrogens (tertiary/aromatic N) is 2. The molecule has 1 aromatic rings. The fraction of sp³-hybridized carbons (Fsp3) is 0.615. The Balaban J connectivity index is 1.88. The first-order chi connectivity index (χ1) is 16.2. The Morgan fingerprint density at radius 1 is 1.24 bits per heavy atom. The average molecular weight is 471 g/mol. The van der Waals surface area contributed by atoms with E-state index < -0.39 is 40.5 Å². The highest BCUT2D eigenvalue weighted by Gasteiger charge is 2.79. The number of anilines is 1. The van der Waals surface area contributed by atoms with Crippen molar-refractivity contribution in [3.8, 4) is 5.75 Å². The van der Waals surface area contributed by atoms with Crippen molar-refractivity contribution in [3.05, 3.63) is 35.9 Å². The molecule has 8 heteroatoms. The fourth-order valence-electron chi connectivity index (χ4n) is 7.92. The van der Waals surface area contributed by atoms with E-state index in [1.54, 1.807) is 7.11 Å². The van der Waals surface area contributed by atoms with Crippen LogP contribution < -0.4 is 9.64 Å². The minimum Gasteiger partial charge on any atom is -0.497 e. The van der Waals surface area contributed by atoms with Crippen molar-refractivity contribution in [2.75, 3.05) is 39.3 Å². The van der Waals surface area contributed by atoms with Crippen LogP contribution >= 0.6 is 0 Å². The summed E-state index contributed by atoms with van der Waals surface area (Å²) in [7, 11) is 4.80. The largest absolute Gasteiger partial charge is 0.497 e. The summed E-state index contributed by atoms with van der Waals surface area (Å²) in [5, 5.41) is 12.6. The average Bonchev–Trinajstić information content (AvgIpc) is 3.08. The Kier molecular flexibility index (Phi) is 5.26. The van der Waals surface area contributed by atoms with E-state index in [-0.39, 0.29) is 6.04 Å². The van der Waals surface area contributed by atoms with Gasteiger partial charge in [0.25, 0.3) is 0 Å². The topological polar surface area (TPSA) is 88.5 Å². The number of rotatable bonds is 4. The summed E-state index contributed by atoms with van der Waals surface area (Å²) in [6.45, 7) is 5.05. The predicted molar refractivity (Wildman–Crippen MR) is 126 cm³/mol. The zero-order chi connectivity index (χ0) is 24.5. The van der Waals surface area contributed by atoms with Crippen molar-refractivity contribution in [3.63, 3.8) is 0 Å².